The lowest BCUT2D eigenvalue weighted by atomic mass is 9.98. The number of fused-ring (bicyclic) bond motifs is 1. The summed E-state index contributed by atoms with van der Waals surface area (Å²) in [6.45, 7) is 1.30. The monoisotopic (exact) mass is 477 g/mol. The van der Waals surface area contributed by atoms with Gasteiger partial charge in [-0.3, -0.25) is 9.59 Å². The Hall–Kier alpha value is -3.11. The van der Waals surface area contributed by atoms with Crippen LogP contribution in [0.2, 0.25) is 0 Å². The van der Waals surface area contributed by atoms with Crippen molar-refractivity contribution in [3.05, 3.63) is 65.4 Å². The number of ether oxygens (including phenoxy) is 1. The van der Waals surface area contributed by atoms with Gasteiger partial charge in [0.15, 0.2) is 24.0 Å². The van der Waals surface area contributed by atoms with E-state index >= 15 is 0 Å². The van der Waals surface area contributed by atoms with Gasteiger partial charge in [0.05, 0.1) is 10.8 Å². The van der Waals surface area contributed by atoms with Gasteiger partial charge in [0, 0.05) is 24.0 Å². The fraction of sp³-hybridized carbons (Fsp3) is 0.304. The number of hydrogen-bond acceptors (Lipinski definition) is 6. The van der Waals surface area contributed by atoms with Crippen molar-refractivity contribution in [3.8, 4) is 0 Å². The maximum atomic E-state index is 13.4. The Morgan fingerprint density at radius 3 is 2.45 bits per heavy atom. The van der Waals surface area contributed by atoms with E-state index in [1.165, 1.54) is 0 Å². The molecule has 4 rings (SSSR count). The van der Waals surface area contributed by atoms with Gasteiger partial charge in [-0.2, -0.15) is 4.31 Å². The molecule has 0 radical (unpaired) electrons. The summed E-state index contributed by atoms with van der Waals surface area (Å²) >= 11 is 0. The number of carbonyl (C=O) groups is 2. The molecule has 1 aliphatic rings. The molecule has 1 saturated heterocycles. The Morgan fingerprint density at radius 1 is 1.09 bits per heavy atom. The maximum Gasteiger partial charge on any atom is 0.309 e. The van der Waals surface area contributed by atoms with Crippen molar-refractivity contribution in [3.63, 3.8) is 0 Å². The first-order chi connectivity index (χ1) is 15.7. The number of para-hydroxylation sites is 1. The molecule has 0 aliphatic carbocycles. The highest BCUT2D eigenvalue weighted by Gasteiger charge is 2.33. The quantitative estimate of drug-likeness (QED) is 0.396. The second-order valence-corrected chi connectivity index (χ2v) is 9.78. The summed E-state index contributed by atoms with van der Waals surface area (Å²) in [5.74, 6) is -3.89. The summed E-state index contributed by atoms with van der Waals surface area (Å²) in [5, 5.41) is 0.807. The fourth-order valence-corrected chi connectivity index (χ4v) is 5.36. The van der Waals surface area contributed by atoms with Crippen molar-refractivity contribution in [2.24, 2.45) is 5.92 Å². The summed E-state index contributed by atoms with van der Waals surface area (Å²) < 4.78 is 63.8. The molecule has 0 N–H and O–H groups in total. The van der Waals surface area contributed by atoms with Crippen LogP contribution in [0.4, 0.5) is 8.78 Å². The number of rotatable bonds is 6. The lowest BCUT2D eigenvalue weighted by Gasteiger charge is -2.30. The zero-order chi connectivity index (χ0) is 23.8. The van der Waals surface area contributed by atoms with Crippen molar-refractivity contribution in [2.45, 2.75) is 24.7 Å². The van der Waals surface area contributed by atoms with Gasteiger partial charge in [-0.05, 0) is 44.0 Å². The van der Waals surface area contributed by atoms with Crippen LogP contribution >= 0.6 is 0 Å². The number of nitrogens with zero attached hydrogens (tertiary/aromatic N) is 1. The third-order valence-corrected chi connectivity index (χ3v) is 7.65. The number of Topliss-reactive ketones (excluding diaryl/α,β-unsaturated/α-hetero) is 1. The Kier molecular flexibility index (Phi) is 6.31. The molecule has 33 heavy (non-hydrogen) atoms. The van der Waals surface area contributed by atoms with Crippen LogP contribution in [-0.4, -0.2) is 44.2 Å². The molecule has 10 heteroatoms. The lowest BCUT2D eigenvalue weighted by Crippen LogP contribution is -2.40. The largest absolute Gasteiger partial charge is 0.457 e. The van der Waals surface area contributed by atoms with E-state index in [1.54, 1.807) is 19.1 Å². The molecule has 1 fully saturated rings. The van der Waals surface area contributed by atoms with Crippen molar-refractivity contribution >= 4 is 32.7 Å². The molecule has 3 aromatic rings. The maximum absolute atomic E-state index is 13.4. The highest BCUT2D eigenvalue weighted by Crippen LogP contribution is 2.27. The van der Waals surface area contributed by atoms with Gasteiger partial charge in [0.25, 0.3) is 0 Å². The molecule has 1 aliphatic heterocycles. The summed E-state index contributed by atoms with van der Waals surface area (Å²) in [7, 11) is -4.02. The third kappa shape index (κ3) is 4.53. The highest BCUT2D eigenvalue weighted by molar-refractivity contribution is 7.89. The number of carbonyl (C=O) groups excluding carboxylic acids is 2. The normalized spacial score (nSPS) is 15.6. The van der Waals surface area contributed by atoms with E-state index < -0.39 is 45.9 Å². The van der Waals surface area contributed by atoms with Gasteiger partial charge in [0.1, 0.15) is 5.58 Å². The smallest absolute Gasteiger partial charge is 0.309 e. The fourth-order valence-electron chi connectivity index (χ4n) is 3.88. The number of aryl methyl sites for hydroxylation is 1. The van der Waals surface area contributed by atoms with Crippen LogP contribution in [0, 0.1) is 24.5 Å². The van der Waals surface area contributed by atoms with Gasteiger partial charge in [-0.25, -0.2) is 17.2 Å². The zero-order valence-corrected chi connectivity index (χ0v) is 18.5. The number of sulfonamides is 1. The third-order valence-electron chi connectivity index (χ3n) is 5.76. The number of furan rings is 1. The first-order valence-corrected chi connectivity index (χ1v) is 11.8. The van der Waals surface area contributed by atoms with Crippen LogP contribution in [0.5, 0.6) is 0 Å². The van der Waals surface area contributed by atoms with Crippen molar-refractivity contribution in [1.82, 2.24) is 4.31 Å². The molecule has 0 amide bonds. The first kappa shape index (κ1) is 23.1. The summed E-state index contributed by atoms with van der Waals surface area (Å²) in [6.07, 6.45) is 0.360. The van der Waals surface area contributed by atoms with E-state index in [2.05, 4.69) is 0 Å². The number of benzene rings is 2. The van der Waals surface area contributed by atoms with E-state index in [-0.39, 0.29) is 36.6 Å². The molecule has 0 unspecified atom stereocenters. The summed E-state index contributed by atoms with van der Waals surface area (Å²) in [4.78, 5) is 24.6. The molecule has 0 saturated carbocycles. The van der Waals surface area contributed by atoms with E-state index in [0.717, 1.165) is 21.8 Å². The van der Waals surface area contributed by atoms with Crippen LogP contribution in [0.15, 0.2) is 51.8 Å². The minimum Gasteiger partial charge on any atom is -0.457 e. The van der Waals surface area contributed by atoms with Gasteiger partial charge >= 0.3 is 5.97 Å². The molecule has 174 valence electrons. The minimum absolute atomic E-state index is 0.0116. The number of halogens is 2. The van der Waals surface area contributed by atoms with Crippen molar-refractivity contribution in [2.75, 3.05) is 19.7 Å². The SMILES string of the molecule is Cc1c(C(=O)COC(=O)C2CCN(S(=O)(=O)c3ccc(F)c(F)c3)CC2)oc2ccccc12. The topological polar surface area (TPSA) is 93.9 Å². The Bertz CT molecular complexity index is 1330. The zero-order valence-electron chi connectivity index (χ0n) is 17.7. The lowest BCUT2D eigenvalue weighted by molar-refractivity contribution is -0.148. The number of hydrogen-bond donors (Lipinski definition) is 0. The van der Waals surface area contributed by atoms with Crippen molar-refractivity contribution < 1.29 is 35.9 Å². The Morgan fingerprint density at radius 2 is 1.79 bits per heavy atom. The van der Waals surface area contributed by atoms with E-state index in [1.807, 2.05) is 12.1 Å². The molecule has 2 heterocycles. The second-order valence-electron chi connectivity index (χ2n) is 7.84. The van der Waals surface area contributed by atoms with Gasteiger partial charge in [-0.15, -0.1) is 0 Å². The van der Waals surface area contributed by atoms with Crippen LogP contribution in [0.1, 0.15) is 29.0 Å². The predicted molar refractivity (Wildman–Crippen MR) is 114 cm³/mol. The van der Waals surface area contributed by atoms with Gasteiger partial charge < -0.3 is 9.15 Å². The summed E-state index contributed by atoms with van der Waals surface area (Å²) in [5.41, 5.74) is 1.24. The van der Waals surface area contributed by atoms with Crippen LogP contribution in [-0.2, 0) is 19.6 Å². The van der Waals surface area contributed by atoms with Crippen LogP contribution in [0.3, 0.4) is 0 Å². The minimum atomic E-state index is -4.02. The van der Waals surface area contributed by atoms with Crippen molar-refractivity contribution in [1.29, 1.82) is 0 Å². The number of piperidine rings is 1. The number of esters is 1. The number of ketones is 1. The highest BCUT2D eigenvalue weighted by atomic mass is 32.2. The van der Waals surface area contributed by atoms with Gasteiger partial charge in [-0.1, -0.05) is 18.2 Å². The summed E-state index contributed by atoms with van der Waals surface area (Å²) in [6, 6.07) is 9.59. The van der Waals surface area contributed by atoms with Crippen LogP contribution < -0.4 is 0 Å². The molecule has 0 bridgehead atoms. The van der Waals surface area contributed by atoms with E-state index in [9.17, 15) is 26.8 Å². The van der Waals surface area contributed by atoms with E-state index in [0.29, 0.717) is 17.2 Å². The molecular weight excluding hydrogens is 456 g/mol. The molecule has 0 spiro atoms. The average molecular weight is 477 g/mol. The molecule has 1 aromatic heterocycles. The molecular formula is C23H21F2NO6S. The second kappa shape index (κ2) is 9.03. The average Bonchev–Trinajstić information content (AvgIpc) is 3.15. The van der Waals surface area contributed by atoms with Gasteiger partial charge in [0.2, 0.25) is 15.8 Å². The molecule has 0 atom stereocenters. The standard InChI is InChI=1S/C23H21F2NO6S/c1-14-17-4-2-3-5-21(17)32-22(14)20(27)13-31-23(28)15-8-10-26(11-9-15)33(29,30)16-6-7-18(24)19(25)12-16/h2-7,12,15H,8-11,13H2,1H3. The molecule has 7 nitrogen and oxygen atoms in total. The Labute approximate surface area is 189 Å². The first-order valence-electron chi connectivity index (χ1n) is 10.3. The van der Waals surface area contributed by atoms with Crippen LogP contribution in [0.25, 0.3) is 11.0 Å². The molecule has 2 aromatic carbocycles. The Balaban J connectivity index is 1.34. The van der Waals surface area contributed by atoms with E-state index in [4.69, 9.17) is 9.15 Å². The predicted octanol–water partition coefficient (Wildman–Crippen LogP) is 3.85.